The first-order valence-electron chi connectivity index (χ1n) is 10.1. The van der Waals surface area contributed by atoms with Crippen LogP contribution in [-0.4, -0.2) is 25.4 Å². The number of nitrogens with one attached hydrogen (secondary N) is 2. The maximum atomic E-state index is 13.3. The van der Waals surface area contributed by atoms with Crippen molar-refractivity contribution in [3.63, 3.8) is 0 Å². The van der Waals surface area contributed by atoms with Crippen LogP contribution in [-0.2, 0) is 27.8 Å². The fourth-order valence-corrected chi connectivity index (χ4v) is 5.34. The summed E-state index contributed by atoms with van der Waals surface area (Å²) >= 11 is 0. The Labute approximate surface area is 183 Å². The molecule has 1 heterocycles. The zero-order valence-electron chi connectivity index (χ0n) is 17.9. The topological polar surface area (TPSA) is 88.2 Å². The summed E-state index contributed by atoms with van der Waals surface area (Å²) in [5, 5.41) is 2.84. The molecule has 0 spiro atoms. The van der Waals surface area contributed by atoms with Gasteiger partial charge in [0.25, 0.3) is 0 Å². The third-order valence-electron chi connectivity index (χ3n) is 4.99. The molecule has 31 heavy (non-hydrogen) atoms. The second kappa shape index (κ2) is 9.85. The van der Waals surface area contributed by atoms with Crippen molar-refractivity contribution in [1.29, 1.82) is 0 Å². The molecule has 0 saturated carbocycles. The van der Waals surface area contributed by atoms with Gasteiger partial charge in [0.05, 0.1) is 4.90 Å². The third-order valence-corrected chi connectivity index (χ3v) is 6.76. The molecule has 0 aliphatic carbocycles. The lowest BCUT2D eigenvalue weighted by molar-refractivity contribution is -0.122. The van der Waals surface area contributed by atoms with Crippen LogP contribution in [0.4, 0.5) is 0 Å². The van der Waals surface area contributed by atoms with Crippen molar-refractivity contribution >= 4 is 15.9 Å². The number of sulfonamides is 1. The van der Waals surface area contributed by atoms with Gasteiger partial charge in [0, 0.05) is 18.9 Å². The quantitative estimate of drug-likeness (QED) is 0.566. The van der Waals surface area contributed by atoms with E-state index < -0.39 is 16.1 Å². The van der Waals surface area contributed by atoms with Crippen molar-refractivity contribution in [3.05, 3.63) is 94.8 Å². The summed E-state index contributed by atoms with van der Waals surface area (Å²) in [6.07, 6.45) is 3.54. The van der Waals surface area contributed by atoms with E-state index >= 15 is 0 Å². The summed E-state index contributed by atoms with van der Waals surface area (Å²) in [5.74, 6) is -0.383. The zero-order chi connectivity index (χ0) is 22.4. The van der Waals surface area contributed by atoms with E-state index in [1.165, 1.54) is 0 Å². The van der Waals surface area contributed by atoms with Crippen LogP contribution in [0.5, 0.6) is 0 Å². The van der Waals surface area contributed by atoms with E-state index in [2.05, 4.69) is 15.0 Å². The van der Waals surface area contributed by atoms with Gasteiger partial charge in [0.15, 0.2) is 0 Å². The Morgan fingerprint density at radius 2 is 1.55 bits per heavy atom. The zero-order valence-corrected chi connectivity index (χ0v) is 18.7. The predicted molar refractivity (Wildman–Crippen MR) is 121 cm³/mol. The van der Waals surface area contributed by atoms with E-state index in [0.717, 1.165) is 16.7 Å². The fraction of sp³-hybridized carbons (Fsp3) is 0.250. The van der Waals surface area contributed by atoms with Crippen LogP contribution in [0.1, 0.15) is 27.8 Å². The molecular formula is C24H27N3O3S. The van der Waals surface area contributed by atoms with E-state index in [1.807, 2.05) is 49.4 Å². The SMILES string of the molecule is Cc1cc(C)c(S(=O)(=O)N[C@H](Cc2ccccc2)C(=O)NCc2ccncc2)c(C)c1. The third kappa shape index (κ3) is 5.99. The number of nitrogens with zero attached hydrogens (tertiary/aromatic N) is 1. The van der Waals surface area contributed by atoms with Gasteiger partial charge in [0.1, 0.15) is 6.04 Å². The van der Waals surface area contributed by atoms with Gasteiger partial charge in [-0.05, 0) is 61.6 Å². The number of hydrogen-bond donors (Lipinski definition) is 2. The van der Waals surface area contributed by atoms with E-state index in [4.69, 9.17) is 0 Å². The van der Waals surface area contributed by atoms with Gasteiger partial charge in [0.2, 0.25) is 15.9 Å². The van der Waals surface area contributed by atoms with Crippen LogP contribution in [0, 0.1) is 20.8 Å². The molecule has 3 rings (SSSR count). The Hall–Kier alpha value is -3.03. The first-order chi connectivity index (χ1) is 14.8. The second-order valence-electron chi connectivity index (χ2n) is 7.66. The molecule has 0 radical (unpaired) electrons. The molecule has 0 aliphatic heterocycles. The molecule has 2 aromatic carbocycles. The highest BCUT2D eigenvalue weighted by Gasteiger charge is 2.28. The van der Waals surface area contributed by atoms with Gasteiger partial charge in [-0.25, -0.2) is 8.42 Å². The number of rotatable bonds is 8. The second-order valence-corrected chi connectivity index (χ2v) is 9.32. The van der Waals surface area contributed by atoms with E-state index in [1.54, 1.807) is 38.4 Å². The average Bonchev–Trinajstić information content (AvgIpc) is 2.72. The molecule has 0 aliphatic rings. The van der Waals surface area contributed by atoms with Crippen molar-refractivity contribution in [2.75, 3.05) is 0 Å². The monoisotopic (exact) mass is 437 g/mol. The summed E-state index contributed by atoms with van der Waals surface area (Å²) in [6.45, 7) is 5.75. The maximum absolute atomic E-state index is 13.3. The fourth-order valence-electron chi connectivity index (χ4n) is 3.69. The van der Waals surface area contributed by atoms with Gasteiger partial charge in [-0.2, -0.15) is 4.72 Å². The Bertz CT molecular complexity index is 1120. The number of aromatic nitrogens is 1. The minimum atomic E-state index is -3.91. The van der Waals surface area contributed by atoms with Crippen molar-refractivity contribution in [3.8, 4) is 0 Å². The first-order valence-corrected chi connectivity index (χ1v) is 11.6. The largest absolute Gasteiger partial charge is 0.351 e. The molecule has 0 saturated heterocycles. The molecule has 7 heteroatoms. The van der Waals surface area contributed by atoms with Crippen molar-refractivity contribution in [1.82, 2.24) is 15.0 Å². The van der Waals surface area contributed by atoms with Gasteiger partial charge in [-0.3, -0.25) is 9.78 Å². The van der Waals surface area contributed by atoms with Crippen LogP contribution >= 0.6 is 0 Å². The van der Waals surface area contributed by atoms with Gasteiger partial charge in [-0.15, -0.1) is 0 Å². The lowest BCUT2D eigenvalue weighted by Gasteiger charge is -2.20. The van der Waals surface area contributed by atoms with E-state index in [0.29, 0.717) is 11.1 Å². The summed E-state index contributed by atoms with van der Waals surface area (Å²) in [6, 6.07) is 15.7. The number of amides is 1. The molecule has 2 N–H and O–H groups in total. The van der Waals surface area contributed by atoms with Gasteiger partial charge >= 0.3 is 0 Å². The lowest BCUT2D eigenvalue weighted by Crippen LogP contribution is -2.48. The number of carbonyl (C=O) groups excluding carboxylic acids is 1. The first kappa shape index (κ1) is 22.7. The smallest absolute Gasteiger partial charge is 0.241 e. The highest BCUT2D eigenvalue weighted by molar-refractivity contribution is 7.89. The molecule has 0 unspecified atom stereocenters. The molecule has 0 bridgehead atoms. The number of hydrogen-bond acceptors (Lipinski definition) is 4. The highest BCUT2D eigenvalue weighted by Crippen LogP contribution is 2.22. The Morgan fingerprint density at radius 3 is 2.16 bits per heavy atom. The summed E-state index contributed by atoms with van der Waals surface area (Å²) in [5.41, 5.74) is 4.05. The number of carbonyl (C=O) groups is 1. The van der Waals surface area contributed by atoms with Gasteiger partial charge < -0.3 is 5.32 Å². The highest BCUT2D eigenvalue weighted by atomic mass is 32.2. The summed E-state index contributed by atoms with van der Waals surface area (Å²) in [4.78, 5) is 17.2. The average molecular weight is 438 g/mol. The molecule has 1 amide bonds. The van der Waals surface area contributed by atoms with Crippen molar-refractivity contribution < 1.29 is 13.2 Å². The van der Waals surface area contributed by atoms with Crippen LogP contribution in [0.2, 0.25) is 0 Å². The van der Waals surface area contributed by atoms with Crippen molar-refractivity contribution in [2.45, 2.75) is 44.7 Å². The lowest BCUT2D eigenvalue weighted by atomic mass is 10.1. The molecule has 1 aromatic heterocycles. The van der Waals surface area contributed by atoms with Crippen LogP contribution in [0.15, 0.2) is 71.9 Å². The molecule has 3 aromatic rings. The minimum Gasteiger partial charge on any atom is -0.351 e. The number of pyridine rings is 1. The molecular weight excluding hydrogens is 410 g/mol. The van der Waals surface area contributed by atoms with Crippen LogP contribution < -0.4 is 10.0 Å². The minimum absolute atomic E-state index is 0.220. The van der Waals surface area contributed by atoms with Crippen molar-refractivity contribution in [2.24, 2.45) is 0 Å². The van der Waals surface area contributed by atoms with Crippen LogP contribution in [0.25, 0.3) is 0 Å². The maximum Gasteiger partial charge on any atom is 0.241 e. The summed E-state index contributed by atoms with van der Waals surface area (Å²) in [7, 11) is -3.91. The number of aryl methyl sites for hydroxylation is 3. The molecule has 1 atom stereocenters. The summed E-state index contributed by atoms with van der Waals surface area (Å²) < 4.78 is 29.2. The molecule has 6 nitrogen and oxygen atoms in total. The number of benzene rings is 2. The van der Waals surface area contributed by atoms with Gasteiger partial charge in [-0.1, -0.05) is 48.0 Å². The van der Waals surface area contributed by atoms with E-state index in [-0.39, 0.29) is 23.8 Å². The van der Waals surface area contributed by atoms with E-state index in [9.17, 15) is 13.2 Å². The molecule has 162 valence electrons. The Morgan fingerprint density at radius 1 is 0.935 bits per heavy atom. The van der Waals surface area contributed by atoms with Crippen LogP contribution in [0.3, 0.4) is 0 Å². The Balaban J connectivity index is 1.86. The predicted octanol–water partition coefficient (Wildman–Crippen LogP) is 3.21. The Kier molecular flexibility index (Phi) is 7.20. The standard InChI is InChI=1S/C24H27N3O3S/c1-17-13-18(2)23(19(3)14-17)31(29,30)27-22(15-20-7-5-4-6-8-20)24(28)26-16-21-9-11-25-12-10-21/h4-14,22,27H,15-16H2,1-3H3,(H,26,28)/t22-/m1/s1. The normalized spacial score (nSPS) is 12.4. The molecule has 0 fully saturated rings.